The number of para-hydroxylation sites is 2. The van der Waals surface area contributed by atoms with Gasteiger partial charge in [0.05, 0.1) is 0 Å². The van der Waals surface area contributed by atoms with Crippen LogP contribution in [-0.4, -0.2) is 57.8 Å². The SMILES string of the molecule is CC(C)(C)c1cc2c3c(c1)B1c4ccc5c6c4N(c4cccc(c41)N3c1ccccc1[Se]2)c1c(-c2ccccc2)[se]c(-c2ccccc2)c1N6c1cccc2c1B5c1ccc(C(C)(C)C)c3c1N2c1ccccc1[Se]3. The molecular weight excluding hydrogens is 1110 g/mol. The van der Waals surface area contributed by atoms with Gasteiger partial charge in [0.25, 0.3) is 0 Å². The van der Waals surface area contributed by atoms with Gasteiger partial charge in [0.15, 0.2) is 0 Å². The fourth-order valence-electron chi connectivity index (χ4n) is 13.8. The Labute approximate surface area is 458 Å². The van der Waals surface area contributed by atoms with Gasteiger partial charge in [-0.25, -0.2) is 0 Å². The van der Waals surface area contributed by atoms with E-state index in [4.69, 9.17) is 0 Å². The molecule has 0 radical (unpaired) electrons. The number of rotatable bonds is 2. The Kier molecular flexibility index (Phi) is 8.74. The Morgan fingerprint density at radius 3 is 1.35 bits per heavy atom. The molecule has 0 bridgehead atoms. The molecule has 0 amide bonds. The van der Waals surface area contributed by atoms with E-state index in [9.17, 15) is 0 Å². The molecule has 0 spiro atoms. The molecule has 0 N–H and O–H groups in total. The molecule has 0 fully saturated rings. The second-order valence-electron chi connectivity index (χ2n) is 23.2. The second kappa shape index (κ2) is 15.1. The predicted octanol–water partition coefficient (Wildman–Crippen LogP) is 9.09. The summed E-state index contributed by atoms with van der Waals surface area (Å²) in [6, 6.07) is 71.2. The van der Waals surface area contributed by atoms with Gasteiger partial charge in [0.1, 0.15) is 0 Å². The fourth-order valence-corrected chi connectivity index (χ4v) is 21.9. The van der Waals surface area contributed by atoms with Crippen molar-refractivity contribution in [3.8, 4) is 20.0 Å². The van der Waals surface area contributed by atoms with Gasteiger partial charge in [-0.15, -0.1) is 0 Å². The molecule has 10 aromatic rings. The van der Waals surface area contributed by atoms with Crippen molar-refractivity contribution in [2.45, 2.75) is 52.4 Å². The van der Waals surface area contributed by atoms with Crippen LogP contribution >= 0.6 is 0 Å². The van der Waals surface area contributed by atoms with Crippen LogP contribution in [0.5, 0.6) is 0 Å². The third kappa shape index (κ3) is 5.66. The van der Waals surface area contributed by atoms with E-state index in [1.54, 1.807) is 0 Å². The van der Waals surface area contributed by atoms with Crippen molar-refractivity contribution in [2.24, 2.45) is 0 Å². The van der Waals surface area contributed by atoms with Crippen LogP contribution in [0.15, 0.2) is 182 Å². The molecule has 0 saturated heterocycles. The summed E-state index contributed by atoms with van der Waals surface area (Å²) < 4.78 is 8.77. The minimum atomic E-state index is -0.0388. The fraction of sp³-hybridized carbons (Fsp3) is 0.121. The molecule has 17 rings (SSSR count). The Balaban J connectivity index is 1.03. The van der Waals surface area contributed by atoms with Crippen molar-refractivity contribution in [1.82, 2.24) is 0 Å². The maximum absolute atomic E-state index is 2.80. The average Bonchev–Trinajstić information content (AvgIpc) is 3.92. The summed E-state index contributed by atoms with van der Waals surface area (Å²) in [6.45, 7) is 14.5. The number of hydrogen-bond acceptors (Lipinski definition) is 4. The van der Waals surface area contributed by atoms with Gasteiger partial charge < -0.3 is 0 Å². The van der Waals surface area contributed by atoms with Gasteiger partial charge in [-0.3, -0.25) is 0 Å². The predicted molar refractivity (Wildman–Crippen MR) is 323 cm³/mol. The average molecular weight is 1160 g/mol. The van der Waals surface area contributed by atoms with Crippen molar-refractivity contribution in [3.05, 3.63) is 193 Å². The molecule has 0 unspecified atom stereocenters. The van der Waals surface area contributed by atoms with Gasteiger partial charge in [0.2, 0.25) is 0 Å². The number of benzene rings is 9. The Hall–Kier alpha value is -6.65. The zero-order valence-corrected chi connectivity index (χ0v) is 47.6. The number of anilines is 12. The van der Waals surface area contributed by atoms with Gasteiger partial charge in [-0.05, 0) is 0 Å². The molecule has 1 aromatic heterocycles. The summed E-state index contributed by atoms with van der Waals surface area (Å²) in [4.78, 5) is 11.0. The van der Waals surface area contributed by atoms with Crippen LogP contribution in [0, 0.1) is 0 Å². The van der Waals surface area contributed by atoms with Crippen molar-refractivity contribution < 1.29 is 0 Å². The van der Waals surface area contributed by atoms with Crippen molar-refractivity contribution >= 4 is 177 Å². The van der Waals surface area contributed by atoms with Crippen LogP contribution in [0.4, 0.5) is 68.2 Å². The first-order valence-electron chi connectivity index (χ1n) is 26.3. The molecule has 0 saturated carbocycles. The van der Waals surface area contributed by atoms with E-state index in [1.807, 2.05) is 0 Å². The quantitative estimate of drug-likeness (QED) is 0.160. The van der Waals surface area contributed by atoms with Gasteiger partial charge >= 0.3 is 462 Å². The Morgan fingerprint density at radius 1 is 0.347 bits per heavy atom. The summed E-state index contributed by atoms with van der Waals surface area (Å²) in [5, 5.41) is 0. The van der Waals surface area contributed by atoms with Crippen molar-refractivity contribution in [1.29, 1.82) is 0 Å². The second-order valence-corrected chi connectivity index (χ2v) is 29.8. The minimum absolute atomic E-state index is 0.00783. The van der Waals surface area contributed by atoms with Gasteiger partial charge in [-0.1, -0.05) is 0 Å². The van der Waals surface area contributed by atoms with Gasteiger partial charge in [-0.2, -0.15) is 0 Å². The normalized spacial score (nSPS) is 15.1. The van der Waals surface area contributed by atoms with Crippen LogP contribution < -0.4 is 70.2 Å². The van der Waals surface area contributed by atoms with E-state index < -0.39 is 0 Å². The van der Waals surface area contributed by atoms with Crippen molar-refractivity contribution in [3.63, 3.8) is 0 Å². The zero-order chi connectivity index (χ0) is 50.0. The first-order valence-corrected chi connectivity index (χ1v) is 31.5. The molecule has 356 valence electrons. The van der Waals surface area contributed by atoms with E-state index in [1.165, 1.54) is 150 Å². The molecule has 0 aliphatic carbocycles. The molecule has 0 atom stereocenters. The standard InChI is InChI=1S/C66H48B2N4Se3/c1-65(2,3)39-35-44-56-53(36-39)73-51-29-15-13-23-45(51)69(56)47-25-17-28-50-55(47)68(44)42-34-33-41-57-58(42)72(50)61-60(62(37-19-9-7-10-20-37)75-63(61)38-21-11-8-12-22-38)71(57)49-27-18-26-48-54(49)67(41)43-32-31-40(66(4,5)6)64-59(43)70(48)46-24-14-16-30-52(46)74-64/h7-36H,1-6H3. The first kappa shape index (κ1) is 43.6. The Bertz CT molecular complexity index is 4210. The summed E-state index contributed by atoms with van der Waals surface area (Å²) in [5.74, 6) is 0. The first-order chi connectivity index (χ1) is 36.5. The maximum atomic E-state index is 2.80. The van der Waals surface area contributed by atoms with Crippen LogP contribution in [0.2, 0.25) is 0 Å². The third-order valence-electron chi connectivity index (χ3n) is 17.0. The zero-order valence-electron chi connectivity index (χ0n) is 42.5. The Morgan fingerprint density at radius 2 is 0.800 bits per heavy atom. The monoisotopic (exact) mass is 1160 g/mol. The molecule has 7 aliphatic heterocycles. The number of hydrogen-bond donors (Lipinski definition) is 0. The molecule has 4 nitrogen and oxygen atoms in total. The van der Waals surface area contributed by atoms with E-state index in [0.717, 1.165) is 0 Å². The summed E-state index contributed by atoms with van der Waals surface area (Å²) in [7, 11) is 0. The van der Waals surface area contributed by atoms with Crippen LogP contribution in [0.3, 0.4) is 0 Å². The van der Waals surface area contributed by atoms with E-state index in [0.29, 0.717) is 0 Å². The van der Waals surface area contributed by atoms with E-state index >= 15 is 0 Å². The molecular formula is C66H48B2N4Se3. The van der Waals surface area contributed by atoms with Crippen molar-refractivity contribution in [2.75, 3.05) is 19.6 Å². The van der Waals surface area contributed by atoms with Crippen LogP contribution in [0.1, 0.15) is 52.7 Å². The van der Waals surface area contributed by atoms with E-state index in [2.05, 4.69) is 243 Å². The van der Waals surface area contributed by atoms with Crippen LogP contribution in [-0.2, 0) is 10.8 Å². The topological polar surface area (TPSA) is 13.0 Å². The molecule has 8 heterocycles. The molecule has 9 heteroatoms. The molecule has 7 aliphatic rings. The third-order valence-corrected chi connectivity index (χ3v) is 24.4. The number of nitrogens with zero attached hydrogens (tertiary/aromatic N) is 4. The van der Waals surface area contributed by atoms with Crippen LogP contribution in [0.25, 0.3) is 20.0 Å². The summed E-state index contributed by atoms with van der Waals surface area (Å²) >= 11 is 0.262. The number of fused-ring (bicyclic) bond motifs is 15. The molecule has 9 aromatic carbocycles. The summed E-state index contributed by atoms with van der Waals surface area (Å²) in [6.07, 6.45) is 0. The molecule has 75 heavy (non-hydrogen) atoms. The van der Waals surface area contributed by atoms with Gasteiger partial charge in [0, 0.05) is 0 Å². The van der Waals surface area contributed by atoms with E-state index in [-0.39, 0.29) is 68.7 Å². The summed E-state index contributed by atoms with van der Waals surface area (Å²) in [5.41, 5.74) is 29.9.